The largest absolute Gasteiger partial charge is 0.480 e. The van der Waals surface area contributed by atoms with Crippen LogP contribution in [0.1, 0.15) is 32.6 Å². The van der Waals surface area contributed by atoms with E-state index in [2.05, 4.69) is 32.5 Å². The van der Waals surface area contributed by atoms with Crippen LogP contribution in [-0.2, 0) is 76.1 Å². The van der Waals surface area contributed by atoms with Gasteiger partial charge in [-0.25, -0.2) is 9.59 Å². The molecule has 0 aliphatic carbocycles. The number of aliphatic carboxylic acids is 2. The lowest BCUT2D eigenvalue weighted by molar-refractivity contribution is -0.159. The maximum Gasteiger partial charge on any atom is 0.370 e. The van der Waals surface area contributed by atoms with Crippen LogP contribution >= 0.6 is 0 Å². The smallest absolute Gasteiger partial charge is 0.370 e. The fourth-order valence-electron chi connectivity index (χ4n) is 7.59. The van der Waals surface area contributed by atoms with Gasteiger partial charge in [0, 0.05) is 52.7 Å². The van der Waals surface area contributed by atoms with Gasteiger partial charge in [-0.3, -0.25) is 30.0 Å². The molecule has 0 radical (unpaired) electrons. The Morgan fingerprint density at radius 2 is 1.19 bits per heavy atom. The topological polar surface area (TPSA) is 479 Å². The Morgan fingerprint density at radius 1 is 0.700 bits per heavy atom. The van der Waals surface area contributed by atoms with Crippen LogP contribution in [0.15, 0.2) is 23.7 Å². The Bertz CT molecular complexity index is 2030. The molecule has 80 heavy (non-hydrogen) atoms. The first-order valence-electron chi connectivity index (χ1n) is 25.5. The molecule has 2 rings (SSSR count). The lowest BCUT2D eigenvalue weighted by Crippen LogP contribution is -2.64. The van der Waals surface area contributed by atoms with Crippen molar-refractivity contribution in [3.63, 3.8) is 0 Å². The van der Waals surface area contributed by atoms with Crippen LogP contribution < -0.4 is 38.1 Å². The van der Waals surface area contributed by atoms with E-state index >= 15 is 0 Å². The third-order valence-electron chi connectivity index (χ3n) is 11.2. The Hall–Kier alpha value is -6.48. The minimum absolute atomic E-state index is 0.0161. The van der Waals surface area contributed by atoms with E-state index in [-0.39, 0.29) is 97.8 Å². The second-order valence-corrected chi connectivity index (χ2v) is 17.5. The molecule has 0 saturated heterocycles. The summed E-state index contributed by atoms with van der Waals surface area (Å²) in [5.41, 5.74) is 10.9. The number of nitrogens with two attached hydrogens (primary N) is 2. The summed E-state index contributed by atoms with van der Waals surface area (Å²) in [6, 6.07) is -3.10. The molecule has 17 N–H and O–H groups in total. The number of guanidine groups is 2. The zero-order valence-corrected chi connectivity index (χ0v) is 44.7. The number of carboxylic acids is 2. The number of nitrogens with zero attached hydrogens (tertiary/aromatic N) is 1. The summed E-state index contributed by atoms with van der Waals surface area (Å²) in [7, 11) is 0. The molecular formula is C48H80N10O22. The lowest BCUT2D eigenvalue weighted by Gasteiger charge is -2.41. The molecule has 2 heterocycles. The van der Waals surface area contributed by atoms with Gasteiger partial charge in [-0.2, -0.15) is 0 Å². The maximum absolute atomic E-state index is 13.3. The fraction of sp³-hybridized carbons (Fsp3) is 0.708. The van der Waals surface area contributed by atoms with Crippen LogP contribution in [0.25, 0.3) is 0 Å². The number of nitrogens with one attached hydrogen (secondary N) is 7. The molecule has 0 aromatic heterocycles. The van der Waals surface area contributed by atoms with Gasteiger partial charge in [-0.15, -0.1) is 6.42 Å². The van der Waals surface area contributed by atoms with E-state index in [1.54, 1.807) is 0 Å². The van der Waals surface area contributed by atoms with Crippen LogP contribution in [-0.4, -0.2) is 270 Å². The third-order valence-corrected chi connectivity index (χ3v) is 11.2. The number of carboxylic acid groups (broad SMARTS) is 2. The van der Waals surface area contributed by atoms with Gasteiger partial charge in [0.15, 0.2) is 18.0 Å². The van der Waals surface area contributed by atoms with Gasteiger partial charge in [0.2, 0.25) is 35.1 Å². The summed E-state index contributed by atoms with van der Waals surface area (Å²) < 4.78 is 55.3. The highest BCUT2D eigenvalue weighted by atomic mass is 16.6. The average molecular weight is 1150 g/mol. The number of terminal acetylenes is 1. The van der Waals surface area contributed by atoms with Gasteiger partial charge in [-0.1, -0.05) is 5.92 Å². The van der Waals surface area contributed by atoms with Crippen molar-refractivity contribution in [2.45, 2.75) is 87.4 Å². The molecule has 32 nitrogen and oxygen atoms in total. The minimum Gasteiger partial charge on any atom is -0.480 e. The second-order valence-electron chi connectivity index (χ2n) is 17.5. The van der Waals surface area contributed by atoms with Gasteiger partial charge in [0.05, 0.1) is 97.2 Å². The molecular weight excluding hydrogens is 1070 g/mol. The van der Waals surface area contributed by atoms with E-state index in [0.29, 0.717) is 39.3 Å². The average Bonchev–Trinajstić information content (AvgIpc) is 3.40. The first kappa shape index (κ1) is 69.6. The van der Waals surface area contributed by atoms with Crippen LogP contribution in [0.3, 0.4) is 0 Å². The fourth-order valence-corrected chi connectivity index (χ4v) is 7.59. The molecule has 4 amide bonds. The van der Waals surface area contributed by atoms with Crippen LogP contribution in [0.2, 0.25) is 0 Å². The summed E-state index contributed by atoms with van der Waals surface area (Å²) in [5, 5.41) is 87.7. The molecule has 454 valence electrons. The van der Waals surface area contributed by atoms with Gasteiger partial charge < -0.3 is 121 Å². The number of carbonyl (C=O) groups excluding carboxylic acids is 4. The molecule has 0 aromatic rings. The van der Waals surface area contributed by atoms with Crippen molar-refractivity contribution in [2.75, 3.05) is 132 Å². The van der Waals surface area contributed by atoms with Crippen molar-refractivity contribution in [1.29, 1.82) is 10.8 Å². The molecule has 0 spiro atoms. The number of hydrogen-bond acceptors (Lipinski definition) is 22. The number of aliphatic hydroxyl groups excluding tert-OH is 4. The summed E-state index contributed by atoms with van der Waals surface area (Å²) in [6.45, 7) is 1.52. The summed E-state index contributed by atoms with van der Waals surface area (Å²) in [5.74, 6) is -4.86. The van der Waals surface area contributed by atoms with Crippen molar-refractivity contribution < 1.29 is 107 Å². The monoisotopic (exact) mass is 1150 g/mol. The molecule has 0 bridgehead atoms. The van der Waals surface area contributed by atoms with Crippen molar-refractivity contribution in [3.05, 3.63) is 23.7 Å². The zero-order chi connectivity index (χ0) is 59.2. The Balaban J connectivity index is 1.87. The van der Waals surface area contributed by atoms with Gasteiger partial charge >= 0.3 is 11.9 Å². The normalized spacial score (nSPS) is 19.2. The molecule has 0 unspecified atom stereocenters. The minimum atomic E-state index is -1.72. The number of carbonyl (C=O) groups is 6. The summed E-state index contributed by atoms with van der Waals surface area (Å²) in [4.78, 5) is 76.0. The highest BCUT2D eigenvalue weighted by Crippen LogP contribution is 2.26. The number of hydrogen-bond donors (Lipinski definition) is 15. The van der Waals surface area contributed by atoms with Crippen molar-refractivity contribution >= 4 is 47.5 Å². The maximum atomic E-state index is 13.3. The second kappa shape index (κ2) is 40.7. The zero-order valence-electron chi connectivity index (χ0n) is 44.7. The first-order valence-corrected chi connectivity index (χ1v) is 25.5. The molecule has 32 heteroatoms. The van der Waals surface area contributed by atoms with E-state index in [1.807, 2.05) is 0 Å². The lowest BCUT2D eigenvalue weighted by atomic mass is 9.91. The Kier molecular flexibility index (Phi) is 35.4. The van der Waals surface area contributed by atoms with Gasteiger partial charge in [0.1, 0.15) is 50.3 Å². The third kappa shape index (κ3) is 29.1. The predicted molar refractivity (Wildman–Crippen MR) is 277 cm³/mol. The van der Waals surface area contributed by atoms with Gasteiger partial charge in [-0.05, 0) is 25.0 Å². The molecule has 0 aromatic carbocycles. The quantitative estimate of drug-likeness (QED) is 0.0117. The van der Waals surface area contributed by atoms with Crippen LogP contribution in [0, 0.1) is 23.2 Å². The number of ether oxygens (including phenoxy) is 10. The van der Waals surface area contributed by atoms with E-state index in [0.717, 1.165) is 13.0 Å². The van der Waals surface area contributed by atoms with Gasteiger partial charge in [0.25, 0.3) is 0 Å². The molecule has 2 aliphatic rings. The summed E-state index contributed by atoms with van der Waals surface area (Å²) in [6.07, 6.45) is -0.766. The molecule has 2 aliphatic heterocycles. The number of rotatable bonds is 44. The molecule has 0 saturated carbocycles. The van der Waals surface area contributed by atoms with E-state index in [4.69, 9.17) is 76.1 Å². The van der Waals surface area contributed by atoms with Crippen molar-refractivity contribution in [1.82, 2.24) is 31.5 Å². The highest BCUT2D eigenvalue weighted by molar-refractivity contribution is 5.86. The molecule has 0 fully saturated rings. The standard InChI is InChI=1S/C48H80N10O22/c1-3-11-71-17-19-75-21-22-76-20-18-74-14-6-40(66)58(9-15-72-12-4-7-53-38(64)28-77-42(33(62)26-59)35-23-31(56-47(49)50)24-36(79-35)45(67)68)10-16-73-13-5-8-54-39(65)29-78-43(34(63)27-60)44-41(55-30(2)61)32(57-48(51)52)25-37(80-44)46(69)70/h1,24-25,31-35,41-44,59-60,62-63H,4-23,26-29H2,2H3,(H,53,64)(H,54,65)(H,55,61)(H,67,68)(H,69,70)(H4,49,50,56)(H4,51,52,57)/t31-,32+,33-,34-,35-,41-,42-,43-,44-/m1/s1. The highest BCUT2D eigenvalue weighted by Gasteiger charge is 2.45. The molecule has 9 atom stereocenters. The van der Waals surface area contributed by atoms with Crippen molar-refractivity contribution in [3.8, 4) is 12.3 Å². The van der Waals surface area contributed by atoms with Crippen LogP contribution in [0.4, 0.5) is 0 Å². The first-order chi connectivity index (χ1) is 38.3. The number of aliphatic hydroxyl groups is 4. The van der Waals surface area contributed by atoms with Crippen LogP contribution in [0.5, 0.6) is 0 Å². The predicted octanol–water partition coefficient (Wildman–Crippen LogP) is -6.24. The summed E-state index contributed by atoms with van der Waals surface area (Å²) >= 11 is 0. The van der Waals surface area contributed by atoms with E-state index in [1.165, 1.54) is 11.0 Å². The van der Waals surface area contributed by atoms with Crippen molar-refractivity contribution in [2.24, 2.45) is 11.5 Å². The Labute approximate surface area is 462 Å². The van der Waals surface area contributed by atoms with E-state index in [9.17, 15) is 59.4 Å². The van der Waals surface area contributed by atoms with E-state index < -0.39 is 134 Å². The Morgan fingerprint density at radius 3 is 1.69 bits per heavy atom. The number of amides is 4. The SMILES string of the molecule is C#CCOCCOCCOCCOCCC(=O)N(CCOCCCNC(=O)CO[C@H]([C@H](O)CO)[C@H]1C[C@@H](NC(=N)N)C=C(C(=O)O)O1)CCOCCCNC(=O)CO[C@@H]([C@@H]1OC(C(=O)O)=C[C@H](NC(=N)N)[C@H]1NC(C)=O)[C@H](O)CO.